The summed E-state index contributed by atoms with van der Waals surface area (Å²) in [6.45, 7) is 4.09. The molecule has 0 spiro atoms. The number of rotatable bonds is 25. The van der Waals surface area contributed by atoms with Crippen molar-refractivity contribution >= 4 is 5.97 Å². The van der Waals surface area contributed by atoms with Crippen LogP contribution in [0.2, 0.25) is 0 Å². The number of carbonyl (C=O) groups is 1. The van der Waals surface area contributed by atoms with Crippen LogP contribution in [0.1, 0.15) is 168 Å². The van der Waals surface area contributed by atoms with Gasteiger partial charge in [0.25, 0.3) is 0 Å². The number of aliphatic hydroxyl groups is 3. The lowest BCUT2D eigenvalue weighted by molar-refractivity contribution is -0.139. The SMILES string of the molecule is CCCCC[C@@H](O)CCCC[C@H](O)[C@@H]1CC[C@@H]([C@@H]2CC[C@@H]([C@@H](O)CCCCCCCCCCCCC3=C[C@@H](C)OC3=O)O2)O1. The highest BCUT2D eigenvalue weighted by Crippen LogP contribution is 2.34. The van der Waals surface area contributed by atoms with Gasteiger partial charge < -0.3 is 29.5 Å². The smallest absolute Gasteiger partial charge is 0.334 e. The lowest BCUT2D eigenvalue weighted by Gasteiger charge is -2.24. The predicted molar refractivity (Wildman–Crippen MR) is 175 cm³/mol. The molecule has 2 fully saturated rings. The molecule has 3 aliphatic rings. The first-order valence-electron chi connectivity index (χ1n) is 18.6. The second-order valence-corrected chi connectivity index (χ2v) is 14.0. The third-order valence-electron chi connectivity index (χ3n) is 10.1. The second kappa shape index (κ2) is 21.7. The largest absolute Gasteiger partial charge is 0.455 e. The number of esters is 1. The summed E-state index contributed by atoms with van der Waals surface area (Å²) in [5.41, 5.74) is 0.863. The number of aliphatic hydroxyl groups excluding tert-OH is 3. The molecule has 256 valence electrons. The van der Waals surface area contributed by atoms with E-state index in [1.165, 1.54) is 64.2 Å². The van der Waals surface area contributed by atoms with Gasteiger partial charge in [0, 0.05) is 5.57 Å². The summed E-state index contributed by atoms with van der Waals surface area (Å²) in [5, 5.41) is 31.5. The molecule has 2 saturated heterocycles. The fourth-order valence-electron chi connectivity index (χ4n) is 7.27. The number of hydrogen-bond donors (Lipinski definition) is 3. The Morgan fingerprint density at radius 3 is 1.61 bits per heavy atom. The minimum atomic E-state index is -0.447. The van der Waals surface area contributed by atoms with E-state index < -0.39 is 12.2 Å². The Hall–Kier alpha value is -0.990. The normalized spacial score (nSPS) is 27.4. The van der Waals surface area contributed by atoms with Crippen molar-refractivity contribution < 1.29 is 34.3 Å². The Bertz CT molecular complexity index is 801. The summed E-state index contributed by atoms with van der Waals surface area (Å²) in [5.74, 6) is -0.123. The van der Waals surface area contributed by atoms with Gasteiger partial charge in [0.15, 0.2) is 0 Å². The lowest BCUT2D eigenvalue weighted by Crippen LogP contribution is -2.33. The molecule has 8 atom stereocenters. The molecule has 3 N–H and O–H groups in total. The Morgan fingerprint density at radius 1 is 0.659 bits per heavy atom. The van der Waals surface area contributed by atoms with Gasteiger partial charge in [-0.15, -0.1) is 0 Å². The third kappa shape index (κ3) is 14.2. The summed E-state index contributed by atoms with van der Waals surface area (Å²) in [7, 11) is 0. The molecule has 0 aromatic carbocycles. The van der Waals surface area contributed by atoms with E-state index >= 15 is 0 Å². The van der Waals surface area contributed by atoms with Crippen LogP contribution in [0.3, 0.4) is 0 Å². The number of ether oxygens (including phenoxy) is 3. The van der Waals surface area contributed by atoms with E-state index in [1.807, 2.05) is 13.0 Å². The van der Waals surface area contributed by atoms with Crippen molar-refractivity contribution in [2.45, 2.75) is 217 Å². The van der Waals surface area contributed by atoms with Crippen molar-refractivity contribution in [3.63, 3.8) is 0 Å². The number of carbonyl (C=O) groups excluding carboxylic acids is 1. The van der Waals surface area contributed by atoms with E-state index in [-0.39, 0.29) is 42.6 Å². The molecular formula is C37H66O7. The maximum Gasteiger partial charge on any atom is 0.334 e. The van der Waals surface area contributed by atoms with Crippen LogP contribution in [0.4, 0.5) is 0 Å². The van der Waals surface area contributed by atoms with Crippen LogP contribution < -0.4 is 0 Å². The van der Waals surface area contributed by atoms with Crippen LogP contribution in [-0.2, 0) is 19.0 Å². The van der Waals surface area contributed by atoms with Gasteiger partial charge >= 0.3 is 5.97 Å². The van der Waals surface area contributed by atoms with Crippen molar-refractivity contribution in [3.8, 4) is 0 Å². The Morgan fingerprint density at radius 2 is 1.11 bits per heavy atom. The topological polar surface area (TPSA) is 105 Å². The van der Waals surface area contributed by atoms with Gasteiger partial charge in [0.05, 0.1) is 42.7 Å². The van der Waals surface area contributed by atoms with E-state index in [9.17, 15) is 20.1 Å². The van der Waals surface area contributed by atoms with Gasteiger partial charge in [-0.3, -0.25) is 0 Å². The molecule has 0 unspecified atom stereocenters. The number of cyclic esters (lactones) is 1. The maximum atomic E-state index is 11.6. The molecule has 0 bridgehead atoms. The molecule has 3 rings (SSSR count). The van der Waals surface area contributed by atoms with Crippen LogP contribution in [0, 0.1) is 0 Å². The lowest BCUT2D eigenvalue weighted by atomic mass is 10.00. The molecule has 0 aromatic heterocycles. The van der Waals surface area contributed by atoms with Crippen LogP contribution in [0.5, 0.6) is 0 Å². The highest BCUT2D eigenvalue weighted by molar-refractivity contribution is 5.90. The van der Waals surface area contributed by atoms with Gasteiger partial charge in [-0.1, -0.05) is 96.8 Å². The van der Waals surface area contributed by atoms with Crippen LogP contribution in [0.25, 0.3) is 0 Å². The molecule has 0 aromatic rings. The van der Waals surface area contributed by atoms with Crippen molar-refractivity contribution in [1.29, 1.82) is 0 Å². The summed E-state index contributed by atoms with van der Waals surface area (Å²) in [6, 6.07) is 0. The molecule has 0 saturated carbocycles. The molecule has 7 nitrogen and oxygen atoms in total. The quantitative estimate of drug-likeness (QED) is 0.0703. The monoisotopic (exact) mass is 622 g/mol. The average molecular weight is 623 g/mol. The fourth-order valence-corrected chi connectivity index (χ4v) is 7.27. The second-order valence-electron chi connectivity index (χ2n) is 14.0. The Kier molecular flexibility index (Phi) is 18.5. The average Bonchev–Trinajstić information content (AvgIpc) is 3.76. The maximum absolute atomic E-state index is 11.6. The van der Waals surface area contributed by atoms with Gasteiger partial charge in [-0.25, -0.2) is 4.79 Å². The molecule has 0 aliphatic carbocycles. The van der Waals surface area contributed by atoms with Crippen molar-refractivity contribution in [2.75, 3.05) is 0 Å². The molecule has 0 amide bonds. The number of hydrogen-bond acceptors (Lipinski definition) is 7. The van der Waals surface area contributed by atoms with E-state index in [4.69, 9.17) is 14.2 Å². The first-order chi connectivity index (χ1) is 21.4. The standard InChI is InChI=1S/C37H66O7/c1-3-4-13-19-30(38)20-16-17-22-32(40)34-24-26-36(44-34)35-25-23-33(43-35)31(39)21-15-12-10-8-6-5-7-9-11-14-18-29-27-28(2)42-37(29)41/h27-28,30-36,38-40H,3-26H2,1-2H3/t28-,30-,31+,32+,33+,34+,35+,36+/m1/s1. The zero-order chi connectivity index (χ0) is 31.6. The minimum absolute atomic E-state index is 0.0274. The van der Waals surface area contributed by atoms with Crippen molar-refractivity contribution in [3.05, 3.63) is 11.6 Å². The summed E-state index contributed by atoms with van der Waals surface area (Å²) < 4.78 is 17.7. The van der Waals surface area contributed by atoms with Crippen molar-refractivity contribution in [2.24, 2.45) is 0 Å². The van der Waals surface area contributed by atoms with Crippen molar-refractivity contribution in [1.82, 2.24) is 0 Å². The van der Waals surface area contributed by atoms with Gasteiger partial charge in [0.2, 0.25) is 0 Å². The minimum Gasteiger partial charge on any atom is -0.455 e. The molecular weight excluding hydrogens is 556 g/mol. The van der Waals surface area contributed by atoms with E-state index in [0.29, 0.717) is 0 Å². The summed E-state index contributed by atoms with van der Waals surface area (Å²) in [6.07, 6.45) is 25.8. The van der Waals surface area contributed by atoms with Crippen LogP contribution in [0.15, 0.2) is 11.6 Å². The first-order valence-corrected chi connectivity index (χ1v) is 18.6. The van der Waals surface area contributed by atoms with Gasteiger partial charge in [0.1, 0.15) is 6.10 Å². The zero-order valence-electron chi connectivity index (χ0n) is 28.1. The van der Waals surface area contributed by atoms with E-state index in [0.717, 1.165) is 95.5 Å². The van der Waals surface area contributed by atoms with Gasteiger partial charge in [-0.05, 0) is 77.2 Å². The van der Waals surface area contributed by atoms with E-state index in [1.54, 1.807) is 0 Å². The van der Waals surface area contributed by atoms with Gasteiger partial charge in [-0.2, -0.15) is 0 Å². The Labute approximate surface area is 268 Å². The molecule has 3 aliphatic heterocycles. The molecule has 0 radical (unpaired) electrons. The van der Waals surface area contributed by atoms with Crippen LogP contribution in [-0.4, -0.2) is 70.1 Å². The molecule has 7 heteroatoms. The predicted octanol–water partition coefficient (Wildman–Crippen LogP) is 7.86. The Balaban J connectivity index is 1.13. The van der Waals surface area contributed by atoms with Crippen LogP contribution >= 0.6 is 0 Å². The first kappa shape index (κ1) is 37.5. The number of unbranched alkanes of at least 4 members (excludes halogenated alkanes) is 12. The molecule has 44 heavy (non-hydrogen) atoms. The molecule has 3 heterocycles. The fraction of sp³-hybridized carbons (Fsp3) is 0.919. The summed E-state index contributed by atoms with van der Waals surface area (Å²) in [4.78, 5) is 11.6. The summed E-state index contributed by atoms with van der Waals surface area (Å²) >= 11 is 0. The third-order valence-corrected chi connectivity index (χ3v) is 10.1. The van der Waals surface area contributed by atoms with E-state index in [2.05, 4.69) is 6.92 Å². The zero-order valence-corrected chi connectivity index (χ0v) is 28.1. The highest BCUT2D eigenvalue weighted by atomic mass is 16.6. The highest BCUT2D eigenvalue weighted by Gasteiger charge is 2.40.